The zero-order valence-electron chi connectivity index (χ0n) is 9.48. The first-order valence-corrected chi connectivity index (χ1v) is 5.76. The molecule has 0 unspecified atom stereocenters. The molecular weight excluding hydrogens is 200 g/mol. The molecule has 0 amide bonds. The SMILES string of the molecule is Cn1nc(CC2(CO)CC2)c2ccccc21. The van der Waals surface area contributed by atoms with Gasteiger partial charge in [0, 0.05) is 19.0 Å². The lowest BCUT2D eigenvalue weighted by Crippen LogP contribution is -2.10. The van der Waals surface area contributed by atoms with E-state index >= 15 is 0 Å². The second kappa shape index (κ2) is 3.32. The fraction of sp³-hybridized carbons (Fsp3) is 0.462. The van der Waals surface area contributed by atoms with Gasteiger partial charge in [0.05, 0.1) is 11.2 Å². The molecule has 0 bridgehead atoms. The van der Waals surface area contributed by atoms with Crippen molar-refractivity contribution >= 4 is 10.9 Å². The van der Waals surface area contributed by atoms with Crippen molar-refractivity contribution in [2.45, 2.75) is 19.3 Å². The van der Waals surface area contributed by atoms with Gasteiger partial charge in [-0.2, -0.15) is 5.10 Å². The molecule has 3 nitrogen and oxygen atoms in total. The number of aromatic nitrogens is 2. The van der Waals surface area contributed by atoms with Gasteiger partial charge in [-0.15, -0.1) is 0 Å². The van der Waals surface area contributed by atoms with Crippen LogP contribution in [0.5, 0.6) is 0 Å². The minimum absolute atomic E-state index is 0.136. The van der Waals surface area contributed by atoms with Gasteiger partial charge in [0.1, 0.15) is 0 Å². The van der Waals surface area contributed by atoms with Crippen molar-refractivity contribution in [2.24, 2.45) is 12.5 Å². The highest BCUT2D eigenvalue weighted by Gasteiger charge is 2.42. The van der Waals surface area contributed by atoms with Gasteiger partial charge in [0.25, 0.3) is 0 Å². The fourth-order valence-electron chi connectivity index (χ4n) is 2.34. The molecule has 0 aliphatic heterocycles. The first kappa shape index (κ1) is 9.85. The molecule has 1 fully saturated rings. The summed E-state index contributed by atoms with van der Waals surface area (Å²) in [5.41, 5.74) is 2.44. The molecule has 84 valence electrons. The van der Waals surface area contributed by atoms with E-state index in [1.807, 2.05) is 23.9 Å². The lowest BCUT2D eigenvalue weighted by molar-refractivity contribution is 0.210. The summed E-state index contributed by atoms with van der Waals surface area (Å²) in [6.07, 6.45) is 3.17. The van der Waals surface area contributed by atoms with Gasteiger partial charge >= 0.3 is 0 Å². The number of hydrogen-bond acceptors (Lipinski definition) is 2. The molecule has 1 heterocycles. The minimum atomic E-state index is 0.136. The summed E-state index contributed by atoms with van der Waals surface area (Å²) in [6.45, 7) is 0.290. The van der Waals surface area contributed by atoms with Gasteiger partial charge in [-0.25, -0.2) is 0 Å². The average molecular weight is 216 g/mol. The Bertz CT molecular complexity index is 526. The molecule has 0 radical (unpaired) electrons. The molecule has 1 saturated carbocycles. The van der Waals surface area contributed by atoms with Crippen LogP contribution in [-0.2, 0) is 13.5 Å². The lowest BCUT2D eigenvalue weighted by Gasteiger charge is -2.08. The largest absolute Gasteiger partial charge is 0.396 e. The second-order valence-corrected chi connectivity index (χ2v) is 4.92. The zero-order chi connectivity index (χ0) is 11.2. The second-order valence-electron chi connectivity index (χ2n) is 4.92. The molecule has 2 aromatic rings. The first-order chi connectivity index (χ1) is 7.74. The van der Waals surface area contributed by atoms with Gasteiger partial charge < -0.3 is 5.11 Å². The highest BCUT2D eigenvalue weighted by molar-refractivity contribution is 5.81. The van der Waals surface area contributed by atoms with Crippen LogP contribution in [0.4, 0.5) is 0 Å². The number of rotatable bonds is 3. The monoisotopic (exact) mass is 216 g/mol. The Morgan fingerprint density at radius 2 is 2.12 bits per heavy atom. The standard InChI is InChI=1S/C13H16N2O/c1-15-12-5-3-2-4-10(12)11(14-15)8-13(9-16)6-7-13/h2-5,16H,6-9H2,1H3. The Balaban J connectivity index is 2.04. The number of fused-ring (bicyclic) bond motifs is 1. The van der Waals surface area contributed by atoms with Gasteiger partial charge in [-0.05, 0) is 30.7 Å². The van der Waals surface area contributed by atoms with Crippen LogP contribution >= 0.6 is 0 Å². The van der Waals surface area contributed by atoms with E-state index in [2.05, 4.69) is 17.2 Å². The molecule has 3 rings (SSSR count). The third kappa shape index (κ3) is 1.43. The van der Waals surface area contributed by atoms with Gasteiger partial charge in [-0.1, -0.05) is 18.2 Å². The lowest BCUT2D eigenvalue weighted by atomic mass is 9.99. The molecule has 1 N–H and O–H groups in total. The van der Waals surface area contributed by atoms with E-state index in [4.69, 9.17) is 0 Å². The van der Waals surface area contributed by atoms with Gasteiger partial charge in [-0.3, -0.25) is 4.68 Å². The van der Waals surface area contributed by atoms with Crippen molar-refractivity contribution in [1.82, 2.24) is 9.78 Å². The normalized spacial score (nSPS) is 17.9. The Kier molecular flexibility index (Phi) is 2.04. The van der Waals surface area contributed by atoms with E-state index in [1.54, 1.807) is 0 Å². The molecule has 0 saturated heterocycles. The van der Waals surface area contributed by atoms with E-state index in [-0.39, 0.29) is 12.0 Å². The van der Waals surface area contributed by atoms with Crippen LogP contribution in [0.1, 0.15) is 18.5 Å². The number of hydrogen-bond donors (Lipinski definition) is 1. The topological polar surface area (TPSA) is 38.0 Å². The van der Waals surface area contributed by atoms with E-state index < -0.39 is 0 Å². The van der Waals surface area contributed by atoms with Crippen LogP contribution in [0, 0.1) is 5.41 Å². The summed E-state index contributed by atoms with van der Waals surface area (Å²) < 4.78 is 1.93. The average Bonchev–Trinajstić information content (AvgIpc) is 3.02. The Morgan fingerprint density at radius 1 is 1.38 bits per heavy atom. The molecule has 1 aromatic heterocycles. The van der Waals surface area contributed by atoms with Gasteiger partial charge in [0.15, 0.2) is 0 Å². The Hall–Kier alpha value is -1.35. The maximum Gasteiger partial charge on any atom is 0.0709 e. The zero-order valence-corrected chi connectivity index (χ0v) is 9.48. The molecule has 3 heteroatoms. The maximum absolute atomic E-state index is 9.36. The molecular formula is C13H16N2O. The molecule has 0 atom stereocenters. The highest BCUT2D eigenvalue weighted by atomic mass is 16.3. The van der Waals surface area contributed by atoms with Crippen molar-refractivity contribution in [3.05, 3.63) is 30.0 Å². The highest BCUT2D eigenvalue weighted by Crippen LogP contribution is 2.48. The molecule has 1 aliphatic rings. The summed E-state index contributed by atoms with van der Waals surface area (Å²) in [7, 11) is 1.98. The van der Waals surface area contributed by atoms with Crippen LogP contribution in [-0.4, -0.2) is 21.5 Å². The summed E-state index contributed by atoms with van der Waals surface area (Å²) >= 11 is 0. The molecule has 0 spiro atoms. The van der Waals surface area contributed by atoms with Crippen LogP contribution in [0.3, 0.4) is 0 Å². The number of nitrogens with zero attached hydrogens (tertiary/aromatic N) is 2. The smallest absolute Gasteiger partial charge is 0.0709 e. The number of para-hydroxylation sites is 1. The summed E-state index contributed by atoms with van der Waals surface area (Å²) in [5, 5.41) is 15.2. The van der Waals surface area contributed by atoms with Crippen LogP contribution in [0.15, 0.2) is 24.3 Å². The number of aliphatic hydroxyl groups excluding tert-OH is 1. The molecule has 16 heavy (non-hydrogen) atoms. The molecule has 1 aromatic carbocycles. The quantitative estimate of drug-likeness (QED) is 0.850. The Morgan fingerprint density at radius 3 is 2.81 bits per heavy atom. The predicted molar refractivity (Wildman–Crippen MR) is 63.2 cm³/mol. The van der Waals surface area contributed by atoms with Crippen LogP contribution in [0.25, 0.3) is 10.9 Å². The summed E-state index contributed by atoms with van der Waals surface area (Å²) in [5.74, 6) is 0. The van der Waals surface area contributed by atoms with E-state index in [9.17, 15) is 5.11 Å². The van der Waals surface area contributed by atoms with E-state index in [0.29, 0.717) is 0 Å². The van der Waals surface area contributed by atoms with Crippen LogP contribution < -0.4 is 0 Å². The summed E-state index contributed by atoms with van der Waals surface area (Å²) in [4.78, 5) is 0. The minimum Gasteiger partial charge on any atom is -0.396 e. The number of aryl methyl sites for hydroxylation is 1. The molecule has 1 aliphatic carbocycles. The third-order valence-corrected chi connectivity index (χ3v) is 3.67. The maximum atomic E-state index is 9.36. The third-order valence-electron chi connectivity index (χ3n) is 3.67. The first-order valence-electron chi connectivity index (χ1n) is 5.76. The Labute approximate surface area is 94.7 Å². The van der Waals surface area contributed by atoms with Gasteiger partial charge in [0.2, 0.25) is 0 Å². The van der Waals surface area contributed by atoms with Crippen LogP contribution in [0.2, 0.25) is 0 Å². The van der Waals surface area contributed by atoms with Crippen molar-refractivity contribution < 1.29 is 5.11 Å². The number of aliphatic hydroxyl groups is 1. The van der Waals surface area contributed by atoms with Crippen molar-refractivity contribution in [3.8, 4) is 0 Å². The fourth-order valence-corrected chi connectivity index (χ4v) is 2.34. The van der Waals surface area contributed by atoms with E-state index in [1.165, 1.54) is 10.9 Å². The van der Waals surface area contributed by atoms with Crippen molar-refractivity contribution in [2.75, 3.05) is 6.61 Å². The van der Waals surface area contributed by atoms with Crippen molar-refractivity contribution in [1.29, 1.82) is 0 Å². The van der Waals surface area contributed by atoms with E-state index in [0.717, 1.165) is 25.0 Å². The summed E-state index contributed by atoms with van der Waals surface area (Å²) in [6, 6.07) is 8.29. The van der Waals surface area contributed by atoms with Crippen molar-refractivity contribution in [3.63, 3.8) is 0 Å². The number of benzene rings is 1. The predicted octanol–water partition coefficient (Wildman–Crippen LogP) is 1.89.